The number of anilines is 1. The van der Waals surface area contributed by atoms with Crippen LogP contribution in [-0.2, 0) is 6.42 Å². The summed E-state index contributed by atoms with van der Waals surface area (Å²) in [6.45, 7) is 5.69. The smallest absolute Gasteiger partial charge is 0.213 e. The van der Waals surface area contributed by atoms with Gasteiger partial charge in [0.2, 0.25) is 5.78 Å². The van der Waals surface area contributed by atoms with Gasteiger partial charge in [0.15, 0.2) is 0 Å². The summed E-state index contributed by atoms with van der Waals surface area (Å²) in [5.41, 5.74) is 4.06. The molecule has 1 N–H and O–H groups in total. The van der Waals surface area contributed by atoms with Gasteiger partial charge < -0.3 is 10.2 Å². The molecular weight excluding hydrogens is 360 g/mol. The molecule has 1 saturated heterocycles. The van der Waals surface area contributed by atoms with Crippen LogP contribution in [-0.4, -0.2) is 41.9 Å². The number of nitrogens with one attached hydrogen (secondary N) is 1. The molecule has 1 aromatic carbocycles. The first-order valence-corrected chi connectivity index (χ1v) is 10.2. The second kappa shape index (κ2) is 8.97. The Hall–Kier alpha value is -3.05. The van der Waals surface area contributed by atoms with Gasteiger partial charge >= 0.3 is 0 Å². The van der Waals surface area contributed by atoms with E-state index in [9.17, 15) is 4.79 Å². The molecule has 4 rings (SSSR count). The van der Waals surface area contributed by atoms with Crippen LogP contribution in [0, 0.1) is 6.92 Å². The van der Waals surface area contributed by atoms with Crippen LogP contribution in [0.5, 0.6) is 0 Å². The highest BCUT2D eigenvalue weighted by molar-refractivity contribution is 6.08. The molecule has 29 heavy (non-hydrogen) atoms. The number of hydrogen-bond donors (Lipinski definition) is 1. The summed E-state index contributed by atoms with van der Waals surface area (Å²) in [5.74, 6) is 0.797. The number of nitrogens with zero attached hydrogens (tertiary/aromatic N) is 3. The molecular formula is C24H30N4O. The van der Waals surface area contributed by atoms with Gasteiger partial charge in [0.1, 0.15) is 11.5 Å². The van der Waals surface area contributed by atoms with Crippen molar-refractivity contribution in [3.05, 3.63) is 88.9 Å². The van der Waals surface area contributed by atoms with Crippen molar-refractivity contribution in [2.45, 2.75) is 19.8 Å². The fourth-order valence-electron chi connectivity index (χ4n) is 3.67. The molecule has 0 bridgehead atoms. The van der Waals surface area contributed by atoms with Crippen LogP contribution in [0.3, 0.4) is 0 Å². The molecule has 0 spiro atoms. The fourth-order valence-corrected chi connectivity index (χ4v) is 3.67. The number of aryl methyl sites for hydroxylation is 1. The minimum Gasteiger partial charge on any atom is -0.355 e. The zero-order chi connectivity index (χ0) is 20.1. The van der Waals surface area contributed by atoms with E-state index in [0.717, 1.165) is 56.1 Å². The van der Waals surface area contributed by atoms with Crippen LogP contribution in [0.1, 0.15) is 42.1 Å². The highest BCUT2D eigenvalue weighted by atomic mass is 16.1. The highest BCUT2D eigenvalue weighted by Gasteiger charge is 2.17. The van der Waals surface area contributed by atoms with Gasteiger partial charge in [-0.3, -0.25) is 9.78 Å². The van der Waals surface area contributed by atoms with Crippen LogP contribution < -0.4 is 10.2 Å². The van der Waals surface area contributed by atoms with Gasteiger partial charge in [-0.2, -0.15) is 0 Å². The third kappa shape index (κ3) is 4.69. The minimum absolute atomic E-state index is 0. The summed E-state index contributed by atoms with van der Waals surface area (Å²) in [7, 11) is 0. The van der Waals surface area contributed by atoms with Crippen LogP contribution in [0.2, 0.25) is 0 Å². The summed E-state index contributed by atoms with van der Waals surface area (Å²) < 4.78 is 0. The number of aromatic nitrogens is 2. The summed E-state index contributed by atoms with van der Waals surface area (Å²) in [6.07, 6.45) is 3.68. The monoisotopic (exact) mass is 390 g/mol. The topological polar surface area (TPSA) is 58.1 Å². The van der Waals surface area contributed by atoms with E-state index in [-0.39, 0.29) is 8.64 Å². The van der Waals surface area contributed by atoms with Crippen molar-refractivity contribution >= 4 is 11.6 Å². The number of rotatable bonds is 5. The molecule has 3 heterocycles. The van der Waals surface area contributed by atoms with Crippen LogP contribution >= 0.6 is 0 Å². The van der Waals surface area contributed by atoms with Crippen molar-refractivity contribution in [2.75, 3.05) is 31.1 Å². The lowest BCUT2D eigenvalue weighted by Gasteiger charge is -2.21. The average Bonchev–Trinajstić information content (AvgIpc) is 3.05. The Morgan fingerprint density at radius 2 is 1.93 bits per heavy atom. The molecule has 0 amide bonds. The molecule has 5 heteroatoms. The molecule has 0 saturated carbocycles. The third-order valence-corrected chi connectivity index (χ3v) is 5.27. The summed E-state index contributed by atoms with van der Waals surface area (Å²) in [5, 5.41) is 3.40. The first-order valence-electron chi connectivity index (χ1n) is 10.2. The largest absolute Gasteiger partial charge is 0.355 e. The number of pyridine rings is 2. The van der Waals surface area contributed by atoms with Gasteiger partial charge in [0.25, 0.3) is 0 Å². The summed E-state index contributed by atoms with van der Waals surface area (Å²) in [4.78, 5) is 24.7. The average molecular weight is 391 g/mol. The Balaban J connectivity index is 0.00000171. The zero-order valence-corrected chi connectivity index (χ0v) is 16.8. The summed E-state index contributed by atoms with van der Waals surface area (Å²) in [6, 6.07) is 17.9. The molecule has 0 radical (unpaired) electrons. The Morgan fingerprint density at radius 3 is 2.79 bits per heavy atom. The minimum atomic E-state index is -0.0697. The quantitative estimate of drug-likeness (QED) is 0.670. The maximum atomic E-state index is 13.2. The lowest BCUT2D eigenvalue weighted by molar-refractivity contribution is 0.103. The van der Waals surface area contributed by atoms with Crippen molar-refractivity contribution in [1.82, 2.24) is 15.3 Å². The normalized spacial score (nSPS) is 14.4. The van der Waals surface area contributed by atoms with Gasteiger partial charge in [-0.15, -0.1) is 0 Å². The van der Waals surface area contributed by atoms with Crippen molar-refractivity contribution < 1.29 is 7.65 Å². The predicted octanol–water partition coefficient (Wildman–Crippen LogP) is 3.90. The summed E-state index contributed by atoms with van der Waals surface area (Å²) >= 11 is 0. The van der Waals surface area contributed by atoms with Crippen LogP contribution in [0.25, 0.3) is 0 Å². The van der Waals surface area contributed by atoms with E-state index in [1.807, 2.05) is 49.5 Å². The van der Waals surface area contributed by atoms with E-state index < -0.39 is 0 Å². The van der Waals surface area contributed by atoms with E-state index in [1.54, 1.807) is 6.07 Å². The molecule has 1 fully saturated rings. The number of benzene rings is 1. The lowest BCUT2D eigenvalue weighted by atomic mass is 10.0. The number of carbonyl (C=O) groups excluding carboxylic acids is 1. The van der Waals surface area contributed by atoms with Crippen molar-refractivity contribution in [3.8, 4) is 0 Å². The van der Waals surface area contributed by atoms with Gasteiger partial charge in [-0.25, -0.2) is 4.98 Å². The van der Waals surface area contributed by atoms with Gasteiger partial charge in [-0.05, 0) is 55.6 Å². The van der Waals surface area contributed by atoms with E-state index in [0.29, 0.717) is 11.3 Å². The maximum Gasteiger partial charge on any atom is 0.213 e. The Bertz CT molecular complexity index is 990. The number of hydrogen-bond acceptors (Lipinski definition) is 5. The maximum absolute atomic E-state index is 13.2. The fraction of sp³-hybridized carbons (Fsp3) is 0.292. The predicted molar refractivity (Wildman–Crippen MR) is 120 cm³/mol. The third-order valence-electron chi connectivity index (χ3n) is 5.27. The van der Waals surface area contributed by atoms with E-state index >= 15 is 0 Å². The first kappa shape index (κ1) is 19.3. The van der Waals surface area contributed by atoms with Gasteiger partial charge in [0, 0.05) is 39.9 Å². The van der Waals surface area contributed by atoms with Crippen molar-refractivity contribution in [3.63, 3.8) is 0 Å². The Morgan fingerprint density at radius 1 is 1.07 bits per heavy atom. The molecule has 0 atom stereocenters. The van der Waals surface area contributed by atoms with Crippen LogP contribution in [0.15, 0.2) is 60.8 Å². The standard InChI is InChI=1S/C24H26N4O.2H2/c1-18-21(16-20(17-26-18)15-19-7-3-2-4-8-19)24(29)22-9-5-10-23(27-22)28-13-6-11-25-12-14-28;;/h2-5,7-10,16-17,25H,6,11-15H2,1H3;2*1H. The number of ketones is 1. The zero-order valence-electron chi connectivity index (χ0n) is 16.8. The second-order valence-corrected chi connectivity index (χ2v) is 7.44. The highest BCUT2D eigenvalue weighted by Crippen LogP contribution is 2.18. The molecule has 1 aliphatic rings. The molecule has 2 aromatic heterocycles. The second-order valence-electron chi connectivity index (χ2n) is 7.44. The molecule has 0 unspecified atom stereocenters. The lowest BCUT2D eigenvalue weighted by Crippen LogP contribution is -2.29. The van der Waals surface area contributed by atoms with E-state index in [2.05, 4.69) is 32.3 Å². The van der Waals surface area contributed by atoms with Crippen LogP contribution in [0.4, 0.5) is 5.82 Å². The van der Waals surface area contributed by atoms with Crippen molar-refractivity contribution in [2.24, 2.45) is 0 Å². The Kier molecular flexibility index (Phi) is 5.96. The Labute approximate surface area is 174 Å². The molecule has 1 aliphatic heterocycles. The molecule has 5 nitrogen and oxygen atoms in total. The van der Waals surface area contributed by atoms with E-state index in [1.165, 1.54) is 5.56 Å². The molecule has 0 aliphatic carbocycles. The van der Waals surface area contributed by atoms with Gasteiger partial charge in [0.05, 0.1) is 0 Å². The number of carbonyl (C=O) groups is 1. The van der Waals surface area contributed by atoms with Crippen molar-refractivity contribution in [1.29, 1.82) is 0 Å². The molecule has 152 valence electrons. The van der Waals surface area contributed by atoms with E-state index in [4.69, 9.17) is 0 Å². The molecule has 3 aromatic rings. The van der Waals surface area contributed by atoms with Gasteiger partial charge in [-0.1, -0.05) is 36.4 Å². The SMILES string of the molecule is Cc1ncc(Cc2ccccc2)cc1C(=O)c1cccc(N2CCCNCC2)n1.[HH].[HH]. The first-order chi connectivity index (χ1) is 14.2.